The van der Waals surface area contributed by atoms with Crippen LogP contribution in [0.15, 0.2) is 24.3 Å². The minimum atomic E-state index is -0.853. The number of carboxylic acid groups (broad SMARTS) is 1. The van der Waals surface area contributed by atoms with Gasteiger partial charge >= 0.3 is 74.9 Å². The second-order valence-corrected chi connectivity index (χ2v) is 5.18. The Kier molecular flexibility index (Phi) is 2.43. The molecule has 10 heavy (non-hydrogen) atoms. The van der Waals surface area contributed by atoms with E-state index >= 15 is 0 Å². The minimum absolute atomic E-state index is 0.370. The van der Waals surface area contributed by atoms with E-state index in [1.807, 2.05) is 12.1 Å². The van der Waals surface area contributed by atoms with E-state index in [1.54, 1.807) is 12.1 Å². The summed E-state index contributed by atoms with van der Waals surface area (Å²) in [6.45, 7) is 0. The third-order valence-corrected chi connectivity index (χ3v) is 3.03. The number of hydrogen-bond acceptors (Lipinski definition) is 1. The zero-order chi connectivity index (χ0) is 7.56. The first kappa shape index (κ1) is 7.73. The van der Waals surface area contributed by atoms with Gasteiger partial charge in [0.1, 0.15) is 0 Å². The molecule has 0 spiro atoms. The molecule has 1 aromatic carbocycles. The summed E-state index contributed by atoms with van der Waals surface area (Å²) in [6.07, 6.45) is 0. The molecular weight excluding hydrogens is 317 g/mol. The molecule has 3 heteroatoms. The molecule has 0 fully saturated rings. The zero-order valence-electron chi connectivity index (χ0n) is 5.37. The van der Waals surface area contributed by atoms with Gasteiger partial charge in [0.05, 0.1) is 0 Å². The van der Waals surface area contributed by atoms with Gasteiger partial charge in [0.15, 0.2) is 0 Å². The SMILES string of the molecule is O=C(O)c1cc[c]([Hg])cc1. The molecule has 0 bridgehead atoms. The molecule has 2 nitrogen and oxygen atoms in total. The fourth-order valence-corrected chi connectivity index (χ4v) is 1.56. The van der Waals surface area contributed by atoms with Gasteiger partial charge in [-0.3, -0.25) is 0 Å². The Labute approximate surface area is 74.8 Å². The Morgan fingerprint density at radius 3 is 2.20 bits per heavy atom. The normalized spacial score (nSPS) is 9.40. The molecule has 0 heterocycles. The van der Waals surface area contributed by atoms with Crippen LogP contribution in [0.25, 0.3) is 0 Å². The molecule has 0 unspecified atom stereocenters. The fraction of sp³-hybridized carbons (Fsp3) is 0. The van der Waals surface area contributed by atoms with Crippen molar-refractivity contribution in [2.75, 3.05) is 0 Å². The van der Waals surface area contributed by atoms with E-state index in [0.29, 0.717) is 31.7 Å². The summed E-state index contributed by atoms with van der Waals surface area (Å²) in [6, 6.07) is 7.02. The monoisotopic (exact) mass is 323 g/mol. The number of aromatic carboxylic acids is 1. The maximum atomic E-state index is 10.3. The van der Waals surface area contributed by atoms with E-state index in [1.165, 1.54) is 3.07 Å². The molecule has 1 rings (SSSR count). The Balaban J connectivity index is 3.00. The van der Waals surface area contributed by atoms with Gasteiger partial charge in [-0.1, -0.05) is 0 Å². The van der Waals surface area contributed by atoms with Crippen molar-refractivity contribution in [2.24, 2.45) is 0 Å². The van der Waals surface area contributed by atoms with Crippen molar-refractivity contribution in [1.82, 2.24) is 0 Å². The Morgan fingerprint density at radius 1 is 1.30 bits per heavy atom. The van der Waals surface area contributed by atoms with Crippen LogP contribution in [0, 0.1) is 0 Å². The molecule has 47 valence electrons. The molecule has 1 aromatic rings. The average molecular weight is 322 g/mol. The van der Waals surface area contributed by atoms with Crippen LogP contribution in [0.2, 0.25) is 0 Å². The number of carboxylic acids is 1. The van der Waals surface area contributed by atoms with E-state index in [4.69, 9.17) is 5.11 Å². The average Bonchev–Trinajstić information content (AvgIpc) is 1.88. The molecule has 1 N–H and O–H groups in total. The fourth-order valence-electron chi connectivity index (χ4n) is 0.647. The first-order chi connectivity index (χ1) is 4.70. The van der Waals surface area contributed by atoms with Gasteiger partial charge in [-0.25, -0.2) is 0 Å². The van der Waals surface area contributed by atoms with Gasteiger partial charge in [-0.05, 0) is 0 Å². The van der Waals surface area contributed by atoms with E-state index in [2.05, 4.69) is 0 Å². The topological polar surface area (TPSA) is 37.3 Å². The van der Waals surface area contributed by atoms with Crippen LogP contribution in [0.1, 0.15) is 10.4 Å². The van der Waals surface area contributed by atoms with Gasteiger partial charge in [0.25, 0.3) is 0 Å². The maximum absolute atomic E-state index is 10.3. The molecule has 0 aliphatic carbocycles. The molecule has 0 saturated carbocycles. The van der Waals surface area contributed by atoms with Crippen molar-refractivity contribution in [2.45, 2.75) is 0 Å². The molecule has 0 atom stereocenters. The van der Waals surface area contributed by atoms with Crippen LogP contribution in [-0.4, -0.2) is 11.1 Å². The molecule has 0 aliphatic rings. The number of carbonyl (C=O) groups is 1. The van der Waals surface area contributed by atoms with Crippen LogP contribution in [0.3, 0.4) is 0 Å². The zero-order valence-corrected chi connectivity index (χ0v) is 10.9. The molecule has 0 amide bonds. The van der Waals surface area contributed by atoms with Gasteiger partial charge < -0.3 is 0 Å². The van der Waals surface area contributed by atoms with Crippen molar-refractivity contribution >= 4 is 9.04 Å². The molecule has 0 aromatic heterocycles. The van der Waals surface area contributed by atoms with Crippen molar-refractivity contribution in [3.05, 3.63) is 29.8 Å². The number of rotatable bonds is 1. The predicted octanol–water partition coefficient (Wildman–Crippen LogP) is 0.557. The number of benzene rings is 1. The van der Waals surface area contributed by atoms with Crippen LogP contribution in [0.4, 0.5) is 0 Å². The van der Waals surface area contributed by atoms with Crippen LogP contribution < -0.4 is 3.07 Å². The molecule has 0 radical (unpaired) electrons. The van der Waals surface area contributed by atoms with Gasteiger partial charge in [-0.15, -0.1) is 0 Å². The summed E-state index contributed by atoms with van der Waals surface area (Å²) in [5.41, 5.74) is 0.370. The van der Waals surface area contributed by atoms with Gasteiger partial charge in [0.2, 0.25) is 0 Å². The van der Waals surface area contributed by atoms with Crippen molar-refractivity contribution in [1.29, 1.82) is 0 Å². The summed E-state index contributed by atoms with van der Waals surface area (Å²) in [5, 5.41) is 8.49. The van der Waals surface area contributed by atoms with E-state index in [9.17, 15) is 4.79 Å². The van der Waals surface area contributed by atoms with Crippen molar-refractivity contribution < 1.29 is 36.0 Å². The van der Waals surface area contributed by atoms with Crippen molar-refractivity contribution in [3.63, 3.8) is 0 Å². The Morgan fingerprint density at radius 2 is 1.80 bits per heavy atom. The molecule has 0 aliphatic heterocycles. The van der Waals surface area contributed by atoms with Crippen LogP contribution >= 0.6 is 0 Å². The number of hydrogen-bond donors (Lipinski definition) is 1. The summed E-state index contributed by atoms with van der Waals surface area (Å²) in [7, 11) is 0. The van der Waals surface area contributed by atoms with Gasteiger partial charge in [-0.2, -0.15) is 0 Å². The Bertz CT molecular complexity index is 240. The van der Waals surface area contributed by atoms with E-state index < -0.39 is 5.97 Å². The molecular formula is C7H5HgO2. The second-order valence-electron chi connectivity index (χ2n) is 2.00. The summed E-state index contributed by atoms with van der Waals surface area (Å²) in [5.74, 6) is -0.853. The predicted molar refractivity (Wildman–Crippen MR) is 33.0 cm³/mol. The summed E-state index contributed by atoms with van der Waals surface area (Å²) < 4.78 is 1.27. The van der Waals surface area contributed by atoms with Crippen LogP contribution in [-0.2, 0) is 26.1 Å². The van der Waals surface area contributed by atoms with Crippen LogP contribution in [0.5, 0.6) is 0 Å². The third kappa shape index (κ3) is 1.80. The van der Waals surface area contributed by atoms with E-state index in [0.717, 1.165) is 0 Å². The van der Waals surface area contributed by atoms with Crippen molar-refractivity contribution in [3.8, 4) is 0 Å². The summed E-state index contributed by atoms with van der Waals surface area (Å²) >= 11 is 0.596. The second kappa shape index (κ2) is 3.15. The molecule has 0 saturated heterocycles. The third-order valence-electron chi connectivity index (χ3n) is 1.20. The van der Waals surface area contributed by atoms with Gasteiger partial charge in [0, 0.05) is 0 Å². The first-order valence-electron chi connectivity index (χ1n) is 2.85. The quantitative estimate of drug-likeness (QED) is 0.767. The first-order valence-corrected chi connectivity index (χ1v) is 5.60. The summed E-state index contributed by atoms with van der Waals surface area (Å²) in [4.78, 5) is 10.3. The Hall–Kier alpha value is -0.375. The van der Waals surface area contributed by atoms with E-state index in [-0.39, 0.29) is 0 Å². The standard InChI is InChI=1S/C7H5O2.Hg/c8-7(9)6-4-2-1-3-5-6;/h2-5H,(H,8,9);.